The SMILES string of the molecule is Cc1nc(CS(=O)(=O)c2cc(Cl)ccc2N)sc1C. The van der Waals surface area contributed by atoms with E-state index in [1.807, 2.05) is 13.8 Å². The van der Waals surface area contributed by atoms with Crippen molar-refractivity contribution in [1.29, 1.82) is 0 Å². The van der Waals surface area contributed by atoms with E-state index in [9.17, 15) is 8.42 Å². The van der Waals surface area contributed by atoms with Gasteiger partial charge in [0.1, 0.15) is 10.8 Å². The van der Waals surface area contributed by atoms with Crippen molar-refractivity contribution in [2.45, 2.75) is 24.5 Å². The van der Waals surface area contributed by atoms with E-state index in [1.54, 1.807) is 6.07 Å². The number of hydrogen-bond donors (Lipinski definition) is 1. The van der Waals surface area contributed by atoms with Gasteiger partial charge in [0, 0.05) is 9.90 Å². The van der Waals surface area contributed by atoms with Crippen LogP contribution in [0.4, 0.5) is 5.69 Å². The van der Waals surface area contributed by atoms with Gasteiger partial charge < -0.3 is 5.73 Å². The summed E-state index contributed by atoms with van der Waals surface area (Å²) in [6.07, 6.45) is 0. The Balaban J connectivity index is 2.40. The number of sulfone groups is 1. The van der Waals surface area contributed by atoms with Gasteiger partial charge in [0.25, 0.3) is 0 Å². The number of nitrogens with two attached hydrogens (primary N) is 1. The van der Waals surface area contributed by atoms with Gasteiger partial charge in [0.15, 0.2) is 9.84 Å². The van der Waals surface area contributed by atoms with E-state index in [0.717, 1.165) is 10.6 Å². The van der Waals surface area contributed by atoms with E-state index >= 15 is 0 Å². The van der Waals surface area contributed by atoms with Gasteiger partial charge in [-0.05, 0) is 32.0 Å². The molecule has 0 aliphatic heterocycles. The van der Waals surface area contributed by atoms with Crippen molar-refractivity contribution in [3.05, 3.63) is 38.8 Å². The Hall–Kier alpha value is -1.11. The highest BCUT2D eigenvalue weighted by molar-refractivity contribution is 7.91. The van der Waals surface area contributed by atoms with Crippen LogP contribution in [0.3, 0.4) is 0 Å². The molecule has 0 spiro atoms. The highest BCUT2D eigenvalue weighted by Gasteiger charge is 2.21. The zero-order valence-corrected chi connectivity index (χ0v) is 12.9. The molecule has 2 N–H and O–H groups in total. The predicted octanol–water partition coefficient (Wildman–Crippen LogP) is 2.97. The number of aryl methyl sites for hydroxylation is 2. The number of thiazole rings is 1. The summed E-state index contributed by atoms with van der Waals surface area (Å²) in [5, 5.41) is 0.911. The van der Waals surface area contributed by atoms with E-state index in [1.165, 1.54) is 23.5 Å². The summed E-state index contributed by atoms with van der Waals surface area (Å²) in [4.78, 5) is 5.32. The first-order chi connectivity index (χ1) is 8.79. The van der Waals surface area contributed by atoms with Crippen LogP contribution >= 0.6 is 22.9 Å². The zero-order chi connectivity index (χ0) is 14.2. The lowest BCUT2D eigenvalue weighted by molar-refractivity contribution is 0.595. The molecule has 4 nitrogen and oxygen atoms in total. The fourth-order valence-corrected chi connectivity index (χ4v) is 4.56. The quantitative estimate of drug-likeness (QED) is 0.883. The van der Waals surface area contributed by atoms with Crippen LogP contribution in [0.15, 0.2) is 23.1 Å². The maximum Gasteiger partial charge on any atom is 0.186 e. The van der Waals surface area contributed by atoms with Gasteiger partial charge in [-0.1, -0.05) is 11.6 Å². The number of halogens is 1. The molecule has 0 aliphatic rings. The monoisotopic (exact) mass is 316 g/mol. The number of anilines is 1. The minimum Gasteiger partial charge on any atom is -0.398 e. The summed E-state index contributed by atoms with van der Waals surface area (Å²) in [7, 11) is -3.53. The zero-order valence-electron chi connectivity index (χ0n) is 10.5. The Bertz CT molecular complexity index is 704. The van der Waals surface area contributed by atoms with E-state index in [2.05, 4.69) is 4.98 Å². The van der Waals surface area contributed by atoms with Crippen molar-refractivity contribution >= 4 is 38.5 Å². The lowest BCUT2D eigenvalue weighted by atomic mass is 10.3. The van der Waals surface area contributed by atoms with Gasteiger partial charge in [-0.15, -0.1) is 11.3 Å². The molecule has 1 aromatic carbocycles. The maximum absolute atomic E-state index is 12.3. The number of aromatic nitrogens is 1. The Morgan fingerprint density at radius 2 is 2.05 bits per heavy atom. The van der Waals surface area contributed by atoms with Crippen LogP contribution in [-0.4, -0.2) is 13.4 Å². The molecule has 7 heteroatoms. The molecule has 0 aliphatic carbocycles. The summed E-state index contributed by atoms with van der Waals surface area (Å²) in [6.45, 7) is 3.77. The number of rotatable bonds is 3. The van der Waals surface area contributed by atoms with Crippen molar-refractivity contribution in [3.8, 4) is 0 Å². The first-order valence-electron chi connectivity index (χ1n) is 5.50. The first-order valence-corrected chi connectivity index (χ1v) is 8.35. The van der Waals surface area contributed by atoms with E-state index in [-0.39, 0.29) is 16.3 Å². The standard InChI is InChI=1S/C12H13ClN2O2S2/c1-7-8(2)18-12(15-7)6-19(16,17)11-5-9(13)3-4-10(11)14/h3-5H,6,14H2,1-2H3. The average molecular weight is 317 g/mol. The van der Waals surface area contributed by atoms with Crippen LogP contribution in [-0.2, 0) is 15.6 Å². The largest absolute Gasteiger partial charge is 0.398 e. The van der Waals surface area contributed by atoms with E-state index < -0.39 is 9.84 Å². The van der Waals surface area contributed by atoms with Crippen molar-refractivity contribution < 1.29 is 8.42 Å². The Morgan fingerprint density at radius 1 is 1.37 bits per heavy atom. The fourth-order valence-electron chi connectivity index (χ4n) is 1.62. The van der Waals surface area contributed by atoms with E-state index in [4.69, 9.17) is 17.3 Å². The maximum atomic E-state index is 12.3. The number of nitrogens with zero attached hydrogens (tertiary/aromatic N) is 1. The topological polar surface area (TPSA) is 73.0 Å². The smallest absolute Gasteiger partial charge is 0.186 e. The molecular weight excluding hydrogens is 304 g/mol. The van der Waals surface area contributed by atoms with Crippen LogP contribution < -0.4 is 5.73 Å². The van der Waals surface area contributed by atoms with Crippen molar-refractivity contribution in [2.24, 2.45) is 0 Å². The van der Waals surface area contributed by atoms with Gasteiger partial charge in [0.2, 0.25) is 0 Å². The molecule has 2 aromatic rings. The van der Waals surface area contributed by atoms with Gasteiger partial charge in [-0.3, -0.25) is 0 Å². The second kappa shape index (κ2) is 5.11. The third kappa shape index (κ3) is 3.08. The van der Waals surface area contributed by atoms with Gasteiger partial charge in [-0.2, -0.15) is 0 Å². The number of benzene rings is 1. The van der Waals surface area contributed by atoms with Crippen molar-refractivity contribution in [3.63, 3.8) is 0 Å². The molecule has 102 valence electrons. The van der Waals surface area contributed by atoms with Gasteiger partial charge >= 0.3 is 0 Å². The normalized spacial score (nSPS) is 11.7. The molecule has 19 heavy (non-hydrogen) atoms. The van der Waals surface area contributed by atoms with Gasteiger partial charge in [0.05, 0.1) is 16.3 Å². The number of nitrogen functional groups attached to an aromatic ring is 1. The molecular formula is C12H13ClN2O2S2. The molecule has 1 aromatic heterocycles. The molecule has 1 heterocycles. The lowest BCUT2D eigenvalue weighted by Crippen LogP contribution is -2.07. The Labute approximate surface area is 121 Å². The second-order valence-corrected chi connectivity index (χ2v) is 7.87. The summed E-state index contributed by atoms with van der Waals surface area (Å²) in [6, 6.07) is 4.43. The van der Waals surface area contributed by atoms with Crippen LogP contribution in [0.1, 0.15) is 15.6 Å². The third-order valence-electron chi connectivity index (χ3n) is 2.70. The molecule has 0 bridgehead atoms. The highest BCUT2D eigenvalue weighted by Crippen LogP contribution is 2.27. The van der Waals surface area contributed by atoms with Crippen molar-refractivity contribution in [1.82, 2.24) is 4.98 Å². The summed E-state index contributed by atoms with van der Waals surface area (Å²) in [5.41, 5.74) is 6.77. The summed E-state index contributed by atoms with van der Waals surface area (Å²) < 4.78 is 24.6. The lowest BCUT2D eigenvalue weighted by Gasteiger charge is -2.06. The molecule has 0 radical (unpaired) electrons. The molecule has 2 rings (SSSR count). The molecule has 0 saturated carbocycles. The predicted molar refractivity (Wildman–Crippen MR) is 78.3 cm³/mol. The van der Waals surface area contributed by atoms with Crippen LogP contribution in [0, 0.1) is 13.8 Å². The Morgan fingerprint density at radius 3 is 2.63 bits per heavy atom. The minimum absolute atomic E-state index is 0.0607. The van der Waals surface area contributed by atoms with Crippen molar-refractivity contribution in [2.75, 3.05) is 5.73 Å². The average Bonchev–Trinajstić information content (AvgIpc) is 2.60. The molecule has 0 saturated heterocycles. The summed E-state index contributed by atoms with van der Waals surface area (Å²) >= 11 is 7.20. The van der Waals surface area contributed by atoms with Crippen LogP contribution in [0.2, 0.25) is 5.02 Å². The molecule has 0 atom stereocenters. The molecule has 0 amide bonds. The Kier molecular flexibility index (Phi) is 3.85. The second-order valence-electron chi connectivity index (χ2n) is 4.19. The van der Waals surface area contributed by atoms with E-state index in [0.29, 0.717) is 10.0 Å². The highest BCUT2D eigenvalue weighted by atomic mass is 35.5. The minimum atomic E-state index is -3.53. The van der Waals surface area contributed by atoms with Crippen LogP contribution in [0.5, 0.6) is 0 Å². The van der Waals surface area contributed by atoms with Crippen LogP contribution in [0.25, 0.3) is 0 Å². The fraction of sp³-hybridized carbons (Fsp3) is 0.250. The third-order valence-corrected chi connectivity index (χ3v) is 5.86. The van der Waals surface area contributed by atoms with Gasteiger partial charge in [-0.25, -0.2) is 13.4 Å². The molecule has 0 fully saturated rings. The summed E-state index contributed by atoms with van der Waals surface area (Å²) in [5.74, 6) is -0.156. The molecule has 0 unspecified atom stereocenters. The number of hydrogen-bond acceptors (Lipinski definition) is 5. The first kappa shape index (κ1) is 14.3.